The van der Waals surface area contributed by atoms with Gasteiger partial charge in [-0.1, -0.05) is 29.8 Å². The number of fused-ring (bicyclic) bond motifs is 1. The van der Waals surface area contributed by atoms with Gasteiger partial charge in [-0.15, -0.1) is 0 Å². The minimum Gasteiger partial charge on any atom is -0.267 e. The minimum absolute atomic E-state index is 0.202. The molecule has 0 spiro atoms. The first kappa shape index (κ1) is 19.1. The number of hydrogen-bond acceptors (Lipinski definition) is 4. The van der Waals surface area contributed by atoms with Crippen LogP contribution in [0.3, 0.4) is 0 Å². The Morgan fingerprint density at radius 2 is 1.62 bits per heavy atom. The van der Waals surface area contributed by atoms with Crippen molar-refractivity contribution in [3.8, 4) is 16.8 Å². The molecule has 0 aliphatic heterocycles. The normalized spacial score (nSPS) is 11.7. The highest BCUT2D eigenvalue weighted by molar-refractivity contribution is 7.90. The molecule has 4 aromatic rings. The molecule has 0 unspecified atom stereocenters. The zero-order valence-electron chi connectivity index (χ0n) is 16.4. The number of nitrogens with zero attached hydrogens (tertiary/aromatic N) is 2. The summed E-state index contributed by atoms with van der Waals surface area (Å²) in [5.41, 5.74) is 4.81. The number of aromatic nitrogens is 2. The zero-order valence-corrected chi connectivity index (χ0v) is 17.2. The monoisotopic (exact) mass is 404 g/mol. The van der Waals surface area contributed by atoms with E-state index in [1.165, 1.54) is 27.9 Å². The lowest BCUT2D eigenvalue weighted by molar-refractivity contribution is 0.602. The Labute approximate surface area is 169 Å². The molecular formula is C23H20N2O3S. The van der Waals surface area contributed by atoms with E-state index in [2.05, 4.69) is 37.1 Å². The lowest BCUT2D eigenvalue weighted by Crippen LogP contribution is -2.20. The van der Waals surface area contributed by atoms with Crippen LogP contribution in [0.5, 0.6) is 0 Å². The van der Waals surface area contributed by atoms with Crippen LogP contribution in [0.1, 0.15) is 11.1 Å². The van der Waals surface area contributed by atoms with Crippen LogP contribution in [0.2, 0.25) is 0 Å². The van der Waals surface area contributed by atoms with Crippen LogP contribution in [0.25, 0.3) is 27.6 Å². The molecule has 1 heterocycles. The van der Waals surface area contributed by atoms with Crippen LogP contribution in [-0.4, -0.2) is 24.5 Å². The van der Waals surface area contributed by atoms with Crippen molar-refractivity contribution in [1.82, 2.24) is 9.78 Å². The van der Waals surface area contributed by atoms with Crippen molar-refractivity contribution in [3.05, 3.63) is 88.3 Å². The molecule has 29 heavy (non-hydrogen) atoms. The standard InChI is InChI=1S/C23H20N2O3S/c1-15-4-10-21(16(2)12-15)17-5-11-22-18(13-17)14-24-25(23(22)26)19-6-8-20(9-7-19)29(3,27)28/h4-14H,1-3H3. The van der Waals surface area contributed by atoms with Crippen molar-refractivity contribution in [3.63, 3.8) is 0 Å². The molecule has 0 atom stereocenters. The van der Waals surface area contributed by atoms with Crippen molar-refractivity contribution in [2.24, 2.45) is 0 Å². The average Bonchev–Trinajstić information content (AvgIpc) is 2.67. The lowest BCUT2D eigenvalue weighted by Gasteiger charge is -2.10. The van der Waals surface area contributed by atoms with Crippen LogP contribution in [0, 0.1) is 13.8 Å². The lowest BCUT2D eigenvalue weighted by atomic mass is 9.97. The molecule has 4 rings (SSSR count). The Balaban J connectivity index is 1.80. The molecule has 3 aromatic carbocycles. The summed E-state index contributed by atoms with van der Waals surface area (Å²) in [6, 6.07) is 18.1. The van der Waals surface area contributed by atoms with Gasteiger partial charge in [-0.2, -0.15) is 9.78 Å². The van der Waals surface area contributed by atoms with Crippen LogP contribution < -0.4 is 5.56 Å². The Hall–Kier alpha value is -3.25. The van der Waals surface area contributed by atoms with E-state index < -0.39 is 9.84 Å². The minimum atomic E-state index is -3.29. The van der Waals surface area contributed by atoms with Gasteiger partial charge in [0.1, 0.15) is 0 Å². The molecule has 0 saturated carbocycles. The van der Waals surface area contributed by atoms with Crippen molar-refractivity contribution in [2.45, 2.75) is 18.7 Å². The average molecular weight is 404 g/mol. The molecule has 0 aliphatic carbocycles. The Kier molecular flexibility index (Phi) is 4.59. The van der Waals surface area contributed by atoms with E-state index in [4.69, 9.17) is 0 Å². The second-order valence-corrected chi connectivity index (χ2v) is 9.26. The maximum absolute atomic E-state index is 13.0. The summed E-state index contributed by atoms with van der Waals surface area (Å²) in [4.78, 5) is 13.2. The van der Waals surface area contributed by atoms with Gasteiger partial charge in [-0.3, -0.25) is 4.79 Å². The summed E-state index contributed by atoms with van der Waals surface area (Å²) in [5.74, 6) is 0. The SMILES string of the molecule is Cc1ccc(-c2ccc3c(=O)n(-c4ccc(S(C)(=O)=O)cc4)ncc3c2)c(C)c1. The molecule has 6 heteroatoms. The summed E-state index contributed by atoms with van der Waals surface area (Å²) in [5, 5.41) is 5.61. The predicted octanol–water partition coefficient (Wildman–Crippen LogP) is 4.07. The zero-order chi connectivity index (χ0) is 20.8. The van der Waals surface area contributed by atoms with E-state index in [1.54, 1.807) is 18.3 Å². The van der Waals surface area contributed by atoms with E-state index in [1.807, 2.05) is 18.2 Å². The molecular weight excluding hydrogens is 384 g/mol. The summed E-state index contributed by atoms with van der Waals surface area (Å²) < 4.78 is 24.5. The highest BCUT2D eigenvalue weighted by Gasteiger charge is 2.11. The molecule has 0 bridgehead atoms. The third-order valence-corrected chi connectivity index (χ3v) is 6.12. The number of hydrogen-bond donors (Lipinski definition) is 0. The van der Waals surface area contributed by atoms with Gasteiger partial charge < -0.3 is 0 Å². The smallest absolute Gasteiger partial charge is 0.267 e. The topological polar surface area (TPSA) is 69.0 Å². The maximum Gasteiger partial charge on any atom is 0.279 e. The van der Waals surface area contributed by atoms with Crippen LogP contribution >= 0.6 is 0 Å². The Morgan fingerprint density at radius 1 is 0.897 bits per heavy atom. The number of aryl methyl sites for hydroxylation is 2. The van der Waals surface area contributed by atoms with Crippen LogP contribution in [0.4, 0.5) is 0 Å². The fraction of sp³-hybridized carbons (Fsp3) is 0.130. The largest absolute Gasteiger partial charge is 0.279 e. The second-order valence-electron chi connectivity index (χ2n) is 7.25. The van der Waals surface area contributed by atoms with E-state index in [0.29, 0.717) is 11.1 Å². The van der Waals surface area contributed by atoms with E-state index in [9.17, 15) is 13.2 Å². The molecule has 0 radical (unpaired) electrons. The van der Waals surface area contributed by atoms with Gasteiger partial charge in [0.05, 0.1) is 22.2 Å². The Morgan fingerprint density at radius 3 is 2.28 bits per heavy atom. The highest BCUT2D eigenvalue weighted by atomic mass is 32.2. The summed E-state index contributed by atoms with van der Waals surface area (Å²) in [6.45, 7) is 4.13. The van der Waals surface area contributed by atoms with Crippen molar-refractivity contribution in [2.75, 3.05) is 6.26 Å². The van der Waals surface area contributed by atoms with E-state index in [0.717, 1.165) is 22.8 Å². The van der Waals surface area contributed by atoms with Crippen LogP contribution in [-0.2, 0) is 9.84 Å². The predicted molar refractivity (Wildman–Crippen MR) is 115 cm³/mol. The Bertz CT molecular complexity index is 1400. The molecule has 0 N–H and O–H groups in total. The highest BCUT2D eigenvalue weighted by Crippen LogP contribution is 2.26. The van der Waals surface area contributed by atoms with Gasteiger partial charge in [0, 0.05) is 11.6 Å². The molecule has 0 saturated heterocycles. The maximum atomic E-state index is 13.0. The summed E-state index contributed by atoms with van der Waals surface area (Å²) in [7, 11) is -3.29. The molecule has 146 valence electrons. The van der Waals surface area contributed by atoms with Crippen LogP contribution in [0.15, 0.2) is 76.6 Å². The van der Waals surface area contributed by atoms with Gasteiger partial charge in [0.25, 0.3) is 5.56 Å². The van der Waals surface area contributed by atoms with Crippen molar-refractivity contribution in [1.29, 1.82) is 0 Å². The van der Waals surface area contributed by atoms with Gasteiger partial charge in [-0.05, 0) is 66.9 Å². The first-order valence-corrected chi connectivity index (χ1v) is 11.0. The number of rotatable bonds is 3. The molecule has 0 amide bonds. The molecule has 5 nitrogen and oxygen atoms in total. The van der Waals surface area contributed by atoms with Gasteiger partial charge in [0.15, 0.2) is 9.84 Å². The molecule has 0 aliphatic rings. The fourth-order valence-corrected chi connectivity index (χ4v) is 4.10. The second kappa shape index (κ2) is 6.97. The number of sulfone groups is 1. The first-order valence-electron chi connectivity index (χ1n) is 9.14. The quantitative estimate of drug-likeness (QED) is 0.516. The summed E-state index contributed by atoms with van der Waals surface area (Å²) in [6.07, 6.45) is 2.81. The third kappa shape index (κ3) is 3.59. The molecule has 0 fully saturated rings. The van der Waals surface area contributed by atoms with Crippen molar-refractivity contribution >= 4 is 20.6 Å². The van der Waals surface area contributed by atoms with E-state index >= 15 is 0 Å². The third-order valence-electron chi connectivity index (χ3n) is 4.99. The van der Waals surface area contributed by atoms with Crippen molar-refractivity contribution < 1.29 is 8.42 Å². The first-order chi connectivity index (χ1) is 13.7. The number of benzene rings is 3. The molecule has 1 aromatic heterocycles. The van der Waals surface area contributed by atoms with Gasteiger partial charge in [-0.25, -0.2) is 8.42 Å². The fourth-order valence-electron chi connectivity index (χ4n) is 3.47. The van der Waals surface area contributed by atoms with Gasteiger partial charge in [0.2, 0.25) is 0 Å². The summed E-state index contributed by atoms with van der Waals surface area (Å²) >= 11 is 0. The van der Waals surface area contributed by atoms with E-state index in [-0.39, 0.29) is 10.5 Å². The van der Waals surface area contributed by atoms with Gasteiger partial charge >= 0.3 is 0 Å².